The second-order valence-electron chi connectivity index (χ2n) is 5.08. The highest BCUT2D eigenvalue weighted by atomic mass is 32.1. The monoisotopic (exact) mass is 368 g/mol. The van der Waals surface area contributed by atoms with Gasteiger partial charge in [0.15, 0.2) is 5.11 Å². The Morgan fingerprint density at radius 2 is 1.72 bits per heavy atom. The molecule has 0 heterocycles. The first kappa shape index (κ1) is 18.5. The van der Waals surface area contributed by atoms with Crippen molar-refractivity contribution in [2.24, 2.45) is 5.73 Å². The Hall–Kier alpha value is -2.81. The van der Waals surface area contributed by atoms with Crippen LogP contribution in [0.25, 0.3) is 0 Å². The first-order valence-corrected chi connectivity index (χ1v) is 7.47. The van der Waals surface area contributed by atoms with Gasteiger partial charge in [-0.3, -0.25) is 15.2 Å². The smallest absolute Gasteiger partial charge is 0.375 e. The molecule has 0 atom stereocenters. The quantitative estimate of drug-likeness (QED) is 0.573. The lowest BCUT2D eigenvalue weighted by Crippen LogP contribution is -2.46. The van der Waals surface area contributed by atoms with Crippen molar-refractivity contribution in [1.82, 2.24) is 10.4 Å². The van der Waals surface area contributed by atoms with E-state index in [2.05, 4.69) is 10.7 Å². The lowest BCUT2D eigenvalue weighted by Gasteiger charge is -2.19. The van der Waals surface area contributed by atoms with Gasteiger partial charge in [-0.05, 0) is 48.6 Å². The molecule has 0 saturated carbocycles. The molecule has 25 heavy (non-hydrogen) atoms. The zero-order chi connectivity index (χ0) is 18.6. The van der Waals surface area contributed by atoms with E-state index in [0.29, 0.717) is 11.4 Å². The average molecular weight is 368 g/mol. The van der Waals surface area contributed by atoms with Gasteiger partial charge in [-0.1, -0.05) is 12.1 Å². The van der Waals surface area contributed by atoms with Crippen molar-refractivity contribution in [2.45, 2.75) is 6.18 Å². The number of carbonyl (C=O) groups is 1. The molecule has 0 saturated heterocycles. The van der Waals surface area contributed by atoms with Gasteiger partial charge in [0.1, 0.15) is 0 Å². The van der Waals surface area contributed by atoms with Crippen LogP contribution in [0.2, 0.25) is 0 Å². The van der Waals surface area contributed by atoms with Crippen LogP contribution in [-0.2, 0) is 6.18 Å². The highest BCUT2D eigenvalue weighted by molar-refractivity contribution is 7.80. The Bertz CT molecular complexity index is 778. The minimum absolute atomic E-state index is 0.0125. The number of nitrogens with two attached hydrogens (primary N) is 1. The molecule has 5 nitrogen and oxygen atoms in total. The van der Waals surface area contributed by atoms with E-state index in [-0.39, 0.29) is 10.7 Å². The molecule has 0 aliphatic rings. The van der Waals surface area contributed by atoms with E-state index >= 15 is 0 Å². The number of hydrazine groups is 1. The number of anilines is 2. The maximum Gasteiger partial charge on any atom is 0.416 e. The second-order valence-corrected chi connectivity index (χ2v) is 5.50. The first-order chi connectivity index (χ1) is 11.7. The van der Waals surface area contributed by atoms with Crippen molar-refractivity contribution >= 4 is 34.6 Å². The van der Waals surface area contributed by atoms with Crippen LogP contribution in [0.4, 0.5) is 24.5 Å². The molecule has 0 radical (unpaired) electrons. The summed E-state index contributed by atoms with van der Waals surface area (Å²) in [5.74, 6) is -0.467. The number of rotatable bonds is 3. The molecule has 0 aromatic heterocycles. The van der Waals surface area contributed by atoms with Crippen molar-refractivity contribution in [2.75, 3.05) is 12.4 Å². The topological polar surface area (TPSA) is 70.4 Å². The van der Waals surface area contributed by atoms with Crippen LogP contribution in [0.1, 0.15) is 15.9 Å². The molecule has 1 amide bonds. The molecule has 0 aliphatic heterocycles. The van der Waals surface area contributed by atoms with Crippen LogP contribution >= 0.6 is 12.2 Å². The number of halogens is 3. The van der Waals surface area contributed by atoms with E-state index in [9.17, 15) is 18.0 Å². The molecule has 0 fully saturated rings. The lowest BCUT2D eigenvalue weighted by molar-refractivity contribution is -0.137. The third-order valence-electron chi connectivity index (χ3n) is 3.26. The van der Waals surface area contributed by atoms with Crippen molar-refractivity contribution in [1.29, 1.82) is 0 Å². The van der Waals surface area contributed by atoms with Crippen molar-refractivity contribution in [3.63, 3.8) is 0 Å². The molecule has 0 aliphatic carbocycles. The van der Waals surface area contributed by atoms with Crippen LogP contribution in [0.3, 0.4) is 0 Å². The molecule has 0 unspecified atom stereocenters. The van der Waals surface area contributed by atoms with Crippen molar-refractivity contribution in [3.05, 3.63) is 59.7 Å². The SMILES string of the molecule is CN(NC(=O)c1ccccc1Nc1ccc(C(F)(F)F)cc1)C(N)=S. The number of nitrogens with zero attached hydrogens (tertiary/aromatic N) is 1. The summed E-state index contributed by atoms with van der Waals surface area (Å²) >= 11 is 4.75. The average Bonchev–Trinajstić information content (AvgIpc) is 2.54. The molecule has 4 N–H and O–H groups in total. The normalized spacial score (nSPS) is 10.9. The van der Waals surface area contributed by atoms with Crippen LogP contribution in [0, 0.1) is 0 Å². The largest absolute Gasteiger partial charge is 0.416 e. The summed E-state index contributed by atoms with van der Waals surface area (Å²) in [5, 5.41) is 4.10. The Balaban J connectivity index is 2.20. The van der Waals surface area contributed by atoms with E-state index in [4.69, 9.17) is 18.0 Å². The summed E-state index contributed by atoms with van der Waals surface area (Å²) in [7, 11) is 1.49. The van der Waals surface area contributed by atoms with E-state index in [1.807, 2.05) is 0 Å². The Morgan fingerprint density at radius 1 is 1.12 bits per heavy atom. The second kappa shape index (κ2) is 7.39. The summed E-state index contributed by atoms with van der Waals surface area (Å²) in [5.41, 5.74) is 8.27. The summed E-state index contributed by atoms with van der Waals surface area (Å²) in [4.78, 5) is 12.3. The minimum atomic E-state index is -4.40. The number of hydrogen-bond donors (Lipinski definition) is 3. The molecule has 2 aromatic rings. The summed E-state index contributed by atoms with van der Waals surface area (Å²) in [6.45, 7) is 0. The van der Waals surface area contributed by atoms with Gasteiger partial charge in [0.2, 0.25) is 0 Å². The summed E-state index contributed by atoms with van der Waals surface area (Å²) < 4.78 is 37.8. The number of nitrogens with one attached hydrogen (secondary N) is 2. The molecule has 9 heteroatoms. The minimum Gasteiger partial charge on any atom is -0.375 e. The van der Waals surface area contributed by atoms with Gasteiger partial charge in [0.05, 0.1) is 16.8 Å². The fourth-order valence-corrected chi connectivity index (χ4v) is 2.00. The first-order valence-electron chi connectivity index (χ1n) is 7.06. The highest BCUT2D eigenvalue weighted by Crippen LogP contribution is 2.30. The fourth-order valence-electron chi connectivity index (χ4n) is 1.96. The van der Waals surface area contributed by atoms with Gasteiger partial charge >= 0.3 is 6.18 Å². The van der Waals surface area contributed by atoms with E-state index in [1.165, 1.54) is 24.2 Å². The molecule has 2 rings (SSSR count). The standard InChI is InChI=1S/C16H15F3N4OS/c1-23(15(20)25)22-14(24)12-4-2-3-5-13(12)21-11-8-6-10(7-9-11)16(17,18)19/h2-9,21H,1H3,(H2,20,25)(H,22,24). The number of amides is 1. The third kappa shape index (κ3) is 4.83. The number of benzene rings is 2. The summed E-state index contributed by atoms with van der Waals surface area (Å²) in [6.07, 6.45) is -4.40. The Morgan fingerprint density at radius 3 is 2.28 bits per heavy atom. The van der Waals surface area contributed by atoms with Crippen LogP contribution in [-0.4, -0.2) is 23.1 Å². The molecule has 2 aromatic carbocycles. The highest BCUT2D eigenvalue weighted by Gasteiger charge is 2.29. The van der Waals surface area contributed by atoms with Crippen molar-refractivity contribution in [3.8, 4) is 0 Å². The van der Waals surface area contributed by atoms with Crippen molar-refractivity contribution < 1.29 is 18.0 Å². The fraction of sp³-hybridized carbons (Fsp3) is 0.125. The van der Waals surface area contributed by atoms with Crippen LogP contribution in [0.5, 0.6) is 0 Å². The number of thiocarbonyl (C=S) groups is 1. The zero-order valence-corrected chi connectivity index (χ0v) is 13.9. The Labute approximate surface area is 147 Å². The predicted octanol–water partition coefficient (Wildman–Crippen LogP) is 3.27. The van der Waals surface area contributed by atoms with Gasteiger partial charge in [-0.25, -0.2) is 0 Å². The summed E-state index contributed by atoms with van der Waals surface area (Å²) in [6, 6.07) is 11.1. The van der Waals surface area contributed by atoms with Gasteiger partial charge < -0.3 is 11.1 Å². The van der Waals surface area contributed by atoms with E-state index < -0.39 is 17.6 Å². The van der Waals surface area contributed by atoms with Crippen LogP contribution < -0.4 is 16.5 Å². The molecule has 132 valence electrons. The van der Waals surface area contributed by atoms with Gasteiger partial charge in [0.25, 0.3) is 5.91 Å². The number of hydrogen-bond acceptors (Lipinski definition) is 3. The molecule has 0 bridgehead atoms. The van der Waals surface area contributed by atoms with Crippen LogP contribution in [0.15, 0.2) is 48.5 Å². The maximum absolute atomic E-state index is 12.6. The maximum atomic E-state index is 12.6. The van der Waals surface area contributed by atoms with E-state index in [0.717, 1.165) is 12.1 Å². The predicted molar refractivity (Wildman–Crippen MR) is 93.2 cm³/mol. The zero-order valence-electron chi connectivity index (χ0n) is 13.1. The Kier molecular flexibility index (Phi) is 5.48. The molecular formula is C16H15F3N4OS. The number of carbonyl (C=O) groups excluding carboxylic acids is 1. The third-order valence-corrected chi connectivity index (χ3v) is 3.54. The number of para-hydroxylation sites is 1. The van der Waals surface area contributed by atoms with Gasteiger partial charge in [-0.2, -0.15) is 13.2 Å². The molecule has 0 spiro atoms. The number of alkyl halides is 3. The van der Waals surface area contributed by atoms with Gasteiger partial charge in [0, 0.05) is 12.7 Å². The lowest BCUT2D eigenvalue weighted by atomic mass is 10.1. The van der Waals surface area contributed by atoms with E-state index in [1.54, 1.807) is 24.3 Å². The molecular weight excluding hydrogens is 353 g/mol. The van der Waals surface area contributed by atoms with Gasteiger partial charge in [-0.15, -0.1) is 0 Å².